The highest BCUT2D eigenvalue weighted by atomic mass is 32.2. The molecule has 3 aliphatic rings. The van der Waals surface area contributed by atoms with Crippen LogP contribution in [-0.4, -0.2) is 82.8 Å². The number of ether oxygens (including phenoxy) is 1. The van der Waals surface area contributed by atoms with Crippen LogP contribution in [0.5, 0.6) is 0 Å². The molecular weight excluding hydrogens is 582 g/mol. The number of nitro groups is 1. The number of carbonyl (C=O) groups excluding carboxylic acids is 2. The van der Waals surface area contributed by atoms with Gasteiger partial charge in [0.15, 0.2) is 0 Å². The Balaban J connectivity index is 0.00000108. The van der Waals surface area contributed by atoms with E-state index in [1.807, 2.05) is 6.92 Å². The van der Waals surface area contributed by atoms with Crippen LogP contribution >= 0.6 is 11.8 Å². The molecule has 3 aliphatic heterocycles. The summed E-state index contributed by atoms with van der Waals surface area (Å²) in [5.41, 5.74) is 0.623. The first-order valence-electron chi connectivity index (χ1n) is 12.6. The molecule has 1 aromatic rings. The van der Waals surface area contributed by atoms with Crippen molar-refractivity contribution >= 4 is 45.5 Å². The zero-order valence-corrected chi connectivity index (χ0v) is 24.2. The van der Waals surface area contributed by atoms with Crippen LogP contribution in [0.3, 0.4) is 0 Å². The minimum Gasteiger partial charge on any atom is -0.481 e. The lowest BCUT2D eigenvalue weighted by molar-refractivity contribution is -0.384. The lowest BCUT2D eigenvalue weighted by Crippen LogP contribution is -2.63. The topological polar surface area (TPSA) is 232 Å². The summed E-state index contributed by atoms with van der Waals surface area (Å²) < 4.78 is 30.2. The van der Waals surface area contributed by atoms with E-state index in [0.29, 0.717) is 23.4 Å². The Morgan fingerprint density at radius 3 is 2.49 bits per heavy atom. The maximum atomic E-state index is 13.2. The highest BCUT2D eigenvalue weighted by molar-refractivity contribution is 8.03. The number of carboxylic acids is 1. The molecule has 2 fully saturated rings. The maximum Gasteiger partial charge on any atom is 0.356 e. The van der Waals surface area contributed by atoms with E-state index in [9.17, 15) is 33.2 Å². The Kier molecular flexibility index (Phi) is 10.5. The molecule has 0 aromatic heterocycles. The molecule has 1 amide bonds. The smallest absolute Gasteiger partial charge is 0.356 e. The predicted octanol–water partition coefficient (Wildman–Crippen LogP) is 0.0548. The van der Waals surface area contributed by atoms with Crippen molar-refractivity contribution in [2.45, 2.75) is 57.2 Å². The summed E-state index contributed by atoms with van der Waals surface area (Å²) >= 11 is 1.44. The number of aliphatic hydroxyl groups excluding tert-OH is 1. The molecule has 0 unspecified atom stereocenters. The van der Waals surface area contributed by atoms with Gasteiger partial charge < -0.3 is 25.2 Å². The molecule has 0 bridgehead atoms. The monoisotopic (exact) mass is 615 g/mol. The number of nitro benzene ring substituents is 1. The van der Waals surface area contributed by atoms with Gasteiger partial charge in [-0.1, -0.05) is 6.92 Å². The van der Waals surface area contributed by atoms with E-state index < -0.39 is 39.1 Å². The van der Waals surface area contributed by atoms with Gasteiger partial charge in [-0.25, -0.2) is 14.7 Å². The molecule has 0 saturated carbocycles. The van der Waals surface area contributed by atoms with E-state index in [4.69, 9.17) is 19.8 Å². The Hall–Kier alpha value is -3.09. The van der Waals surface area contributed by atoms with Crippen LogP contribution < -0.4 is 15.2 Å². The summed E-state index contributed by atoms with van der Waals surface area (Å²) in [5.74, 6) is -2.71. The Bertz CT molecular complexity index is 1310. The van der Waals surface area contributed by atoms with Gasteiger partial charge in [-0.15, -0.1) is 11.8 Å². The van der Waals surface area contributed by atoms with Gasteiger partial charge >= 0.3 is 5.97 Å². The first kappa shape index (κ1) is 32.4. The number of nitrogens with two attached hydrogens (primary N) is 1. The van der Waals surface area contributed by atoms with Crippen LogP contribution in [0.15, 0.2) is 34.9 Å². The number of carbonyl (C=O) groups is 3. The number of nitrogens with zero attached hydrogens (tertiary/aromatic N) is 2. The van der Waals surface area contributed by atoms with Crippen LogP contribution in [0.4, 0.5) is 5.69 Å². The number of amides is 1. The van der Waals surface area contributed by atoms with Crippen molar-refractivity contribution in [2.24, 2.45) is 17.0 Å². The molecule has 4 rings (SSSR count). The van der Waals surface area contributed by atoms with E-state index >= 15 is 0 Å². The van der Waals surface area contributed by atoms with Crippen molar-refractivity contribution in [1.82, 2.24) is 14.9 Å². The fourth-order valence-electron chi connectivity index (χ4n) is 5.02. The molecule has 0 spiro atoms. The number of hydrogen-bond acceptors (Lipinski definition) is 11. The van der Waals surface area contributed by atoms with E-state index in [1.165, 1.54) is 40.9 Å². The molecule has 6 atom stereocenters. The lowest BCUT2D eigenvalue weighted by Gasteiger charge is -2.46. The first-order chi connectivity index (χ1) is 19.1. The lowest BCUT2D eigenvalue weighted by atomic mass is 9.79. The molecule has 1 aromatic carbocycles. The second-order valence-corrected chi connectivity index (χ2v) is 12.7. The third kappa shape index (κ3) is 8.02. The highest BCUT2D eigenvalue weighted by Crippen LogP contribution is 2.52. The van der Waals surface area contributed by atoms with Gasteiger partial charge in [-0.2, -0.15) is 8.42 Å². The van der Waals surface area contributed by atoms with Gasteiger partial charge in [0.1, 0.15) is 12.3 Å². The minimum atomic E-state index is -3.81. The quantitative estimate of drug-likeness (QED) is 0.102. The van der Waals surface area contributed by atoms with Crippen molar-refractivity contribution in [3.63, 3.8) is 0 Å². The number of hydrogen-bond donors (Lipinski definition) is 5. The number of non-ortho nitro benzene ring substituents is 1. The number of esters is 1. The minimum absolute atomic E-state index is 0.000929. The Morgan fingerprint density at radius 2 is 1.95 bits per heavy atom. The number of fused-ring (bicyclic) bond motifs is 1. The number of benzene rings is 1. The van der Waals surface area contributed by atoms with Gasteiger partial charge in [0.05, 0.1) is 23.0 Å². The van der Waals surface area contributed by atoms with Gasteiger partial charge in [-0.05, 0) is 31.0 Å². The van der Waals surface area contributed by atoms with Crippen LogP contribution in [0, 0.1) is 22.0 Å². The van der Waals surface area contributed by atoms with Crippen molar-refractivity contribution < 1.29 is 42.7 Å². The van der Waals surface area contributed by atoms with Crippen LogP contribution in [0.25, 0.3) is 0 Å². The van der Waals surface area contributed by atoms with E-state index in [-0.39, 0.29) is 53.7 Å². The van der Waals surface area contributed by atoms with Crippen molar-refractivity contribution in [3.8, 4) is 0 Å². The number of carboxylic acid groups (broad SMARTS) is 1. The molecule has 6 N–H and O–H groups in total. The summed E-state index contributed by atoms with van der Waals surface area (Å²) in [4.78, 5) is 47.6. The van der Waals surface area contributed by atoms with Crippen LogP contribution in [0.1, 0.15) is 32.8 Å². The van der Waals surface area contributed by atoms with Crippen molar-refractivity contribution in [1.29, 1.82) is 0 Å². The zero-order chi connectivity index (χ0) is 30.6. The van der Waals surface area contributed by atoms with Gasteiger partial charge in [-0.3, -0.25) is 19.7 Å². The second-order valence-electron chi connectivity index (χ2n) is 9.96. The molecule has 17 heteroatoms. The SMILES string of the molecule is CC(=O)O.C[C@@H](O)[C@H]1C(=O)N2C(C(=O)OCc3ccc([N+](=O)[O-])cc3)=C(S[C@@H]3CN[C@H](CNS(N)(=O)=O)C3)[C@H](C)[C@H]12. The largest absolute Gasteiger partial charge is 0.481 e. The Labute approximate surface area is 240 Å². The van der Waals surface area contributed by atoms with Crippen molar-refractivity contribution in [2.75, 3.05) is 13.1 Å². The number of aliphatic hydroxyl groups is 1. The van der Waals surface area contributed by atoms with E-state index in [0.717, 1.165) is 6.92 Å². The van der Waals surface area contributed by atoms with E-state index in [2.05, 4.69) is 10.0 Å². The number of nitrogens with one attached hydrogen (secondary N) is 2. The third-order valence-corrected chi connectivity index (χ3v) is 8.91. The summed E-state index contributed by atoms with van der Waals surface area (Å²) in [5, 5.41) is 36.7. The van der Waals surface area contributed by atoms with Crippen LogP contribution in [-0.2, 0) is 35.9 Å². The Morgan fingerprint density at radius 1 is 1.34 bits per heavy atom. The van der Waals surface area contributed by atoms with Gasteiger partial charge in [0.2, 0.25) is 5.91 Å². The molecule has 0 radical (unpaired) electrons. The van der Waals surface area contributed by atoms with Gasteiger partial charge in [0.25, 0.3) is 21.9 Å². The maximum absolute atomic E-state index is 13.2. The molecule has 0 aliphatic carbocycles. The first-order valence-corrected chi connectivity index (χ1v) is 15.1. The fourth-order valence-corrected chi connectivity index (χ4v) is 6.97. The van der Waals surface area contributed by atoms with Gasteiger partial charge in [0, 0.05) is 54.3 Å². The average Bonchev–Trinajstić information content (AvgIpc) is 3.41. The van der Waals surface area contributed by atoms with Crippen LogP contribution in [0.2, 0.25) is 0 Å². The highest BCUT2D eigenvalue weighted by Gasteiger charge is 2.60. The normalized spacial score (nSPS) is 26.0. The van der Waals surface area contributed by atoms with E-state index in [1.54, 1.807) is 6.92 Å². The molecule has 15 nitrogen and oxygen atoms in total. The fraction of sp³-hybridized carbons (Fsp3) is 0.542. The molecule has 41 heavy (non-hydrogen) atoms. The standard InChI is InChI=1S/C22H29N5O8S2.C2H4O2/c1-11-18-17(12(2)28)21(29)26(18)19(22(30)35-10-13-3-5-15(6-4-13)27(31)32)20(11)36-16-7-14(24-9-16)8-25-37(23,33)34;1-2(3)4/h3-6,11-12,14,16-18,24-25,28H,7-10H2,1-2H3,(H2,23,33,34);1H3,(H,3,4)/t11-,12-,14+,16+,17-,18-;/m1./s1. The number of thioether (sulfide) groups is 1. The molecular formula is C24H33N5O10S2. The summed E-state index contributed by atoms with van der Waals surface area (Å²) in [6.07, 6.45) is -0.271. The second kappa shape index (κ2) is 13.3. The molecule has 3 heterocycles. The number of β-lactam (4-membered cyclic amide) rings is 1. The molecule has 226 valence electrons. The summed E-state index contributed by atoms with van der Waals surface area (Å²) in [6.45, 7) is 5.09. The predicted molar refractivity (Wildman–Crippen MR) is 147 cm³/mol. The average molecular weight is 616 g/mol. The van der Waals surface area contributed by atoms with Crippen molar-refractivity contribution in [3.05, 3.63) is 50.5 Å². The summed E-state index contributed by atoms with van der Waals surface area (Å²) in [7, 11) is -3.81. The summed E-state index contributed by atoms with van der Waals surface area (Å²) in [6, 6.07) is 5.11. The molecule has 2 saturated heterocycles. The number of aliphatic carboxylic acids is 1. The third-order valence-electron chi connectivity index (χ3n) is 6.83. The zero-order valence-electron chi connectivity index (χ0n) is 22.6. The number of rotatable bonds is 10.